The fourth-order valence-electron chi connectivity index (χ4n) is 2.19. The third-order valence-corrected chi connectivity index (χ3v) is 3.52. The van der Waals surface area contributed by atoms with Gasteiger partial charge in [0, 0.05) is 12.1 Å². The molecule has 0 bridgehead atoms. The minimum Gasteiger partial charge on any atom is -0.494 e. The summed E-state index contributed by atoms with van der Waals surface area (Å²) in [5, 5.41) is 23.0. The molecule has 20 heavy (non-hydrogen) atoms. The molecule has 1 aromatic rings. The van der Waals surface area contributed by atoms with Crippen molar-refractivity contribution in [1.29, 1.82) is 0 Å². The van der Waals surface area contributed by atoms with Crippen molar-refractivity contribution in [2.45, 2.75) is 51.8 Å². The molecular formula is C16H27NO3. The van der Waals surface area contributed by atoms with E-state index < -0.39 is 6.10 Å². The van der Waals surface area contributed by atoms with Gasteiger partial charge in [-0.1, -0.05) is 26.0 Å². The molecule has 4 heteroatoms. The van der Waals surface area contributed by atoms with Crippen molar-refractivity contribution in [2.24, 2.45) is 0 Å². The first-order valence-electron chi connectivity index (χ1n) is 7.43. The normalized spacial score (nSPS) is 15.7. The maximum absolute atomic E-state index is 10.5. The van der Waals surface area contributed by atoms with E-state index in [1.54, 1.807) is 0 Å². The molecule has 3 N–H and O–H groups in total. The molecule has 3 unspecified atom stereocenters. The van der Waals surface area contributed by atoms with Gasteiger partial charge in [-0.05, 0) is 37.5 Å². The van der Waals surface area contributed by atoms with Crippen LogP contribution in [0.1, 0.15) is 45.3 Å². The van der Waals surface area contributed by atoms with Crippen molar-refractivity contribution in [3.05, 3.63) is 29.8 Å². The van der Waals surface area contributed by atoms with Gasteiger partial charge < -0.3 is 20.3 Å². The number of rotatable bonds is 9. The molecule has 4 nitrogen and oxygen atoms in total. The molecule has 0 saturated heterocycles. The Morgan fingerprint density at radius 1 is 1.10 bits per heavy atom. The summed E-state index contributed by atoms with van der Waals surface area (Å²) >= 11 is 0. The zero-order valence-electron chi connectivity index (χ0n) is 12.7. The van der Waals surface area contributed by atoms with E-state index in [-0.39, 0.29) is 18.7 Å². The minimum atomic E-state index is -0.587. The van der Waals surface area contributed by atoms with Gasteiger partial charge in [0.1, 0.15) is 5.75 Å². The lowest BCUT2D eigenvalue weighted by Gasteiger charge is -2.27. The number of aliphatic hydroxyl groups excluding tert-OH is 2. The Morgan fingerprint density at radius 3 is 2.20 bits per heavy atom. The first-order valence-corrected chi connectivity index (χ1v) is 7.43. The third kappa shape index (κ3) is 4.78. The van der Waals surface area contributed by atoms with Crippen LogP contribution in [0.5, 0.6) is 5.75 Å². The lowest BCUT2D eigenvalue weighted by Crippen LogP contribution is -2.43. The van der Waals surface area contributed by atoms with Gasteiger partial charge in [0.25, 0.3) is 0 Å². The predicted octanol–water partition coefficient (Wildman–Crippen LogP) is 2.26. The highest BCUT2D eigenvalue weighted by molar-refractivity contribution is 5.29. The van der Waals surface area contributed by atoms with Crippen molar-refractivity contribution >= 4 is 0 Å². The summed E-state index contributed by atoms with van der Waals surface area (Å²) in [5.41, 5.74) is 0.862. The van der Waals surface area contributed by atoms with Gasteiger partial charge in [-0.3, -0.25) is 0 Å². The van der Waals surface area contributed by atoms with Crippen LogP contribution in [0.3, 0.4) is 0 Å². The van der Waals surface area contributed by atoms with E-state index in [9.17, 15) is 10.2 Å². The average molecular weight is 281 g/mol. The van der Waals surface area contributed by atoms with Crippen LogP contribution in [0.25, 0.3) is 0 Å². The van der Waals surface area contributed by atoms with E-state index in [2.05, 4.69) is 5.32 Å². The number of nitrogens with one attached hydrogen (secondary N) is 1. The molecule has 1 aromatic carbocycles. The first kappa shape index (κ1) is 17.0. The van der Waals surface area contributed by atoms with Crippen LogP contribution in [0.4, 0.5) is 0 Å². The SMILES string of the molecule is CCOc1ccc(C(O)C(CC)NC(CC)CO)cc1. The Morgan fingerprint density at radius 2 is 1.75 bits per heavy atom. The number of hydrogen-bond acceptors (Lipinski definition) is 4. The number of ether oxygens (including phenoxy) is 1. The minimum absolute atomic E-state index is 0.0253. The Labute approximate surface area is 121 Å². The van der Waals surface area contributed by atoms with Crippen molar-refractivity contribution < 1.29 is 14.9 Å². The standard InChI is InChI=1S/C16H27NO3/c1-4-13(11-18)17-15(5-2)16(19)12-7-9-14(10-8-12)20-6-3/h7-10,13,15-19H,4-6,11H2,1-3H3. The molecule has 1 rings (SSSR count). The van der Waals surface area contributed by atoms with Gasteiger partial charge in [0.2, 0.25) is 0 Å². The van der Waals surface area contributed by atoms with E-state index in [0.717, 1.165) is 24.2 Å². The molecule has 0 spiro atoms. The first-order chi connectivity index (χ1) is 9.65. The van der Waals surface area contributed by atoms with E-state index in [0.29, 0.717) is 6.61 Å². The predicted molar refractivity (Wildman–Crippen MR) is 81.0 cm³/mol. The van der Waals surface area contributed by atoms with Gasteiger partial charge in [-0.25, -0.2) is 0 Å². The quantitative estimate of drug-likeness (QED) is 0.650. The second kappa shape index (κ2) is 8.95. The zero-order chi connectivity index (χ0) is 15.0. The molecule has 0 amide bonds. The highest BCUT2D eigenvalue weighted by Crippen LogP contribution is 2.22. The average Bonchev–Trinajstić information content (AvgIpc) is 2.49. The van der Waals surface area contributed by atoms with Crippen molar-refractivity contribution in [3.8, 4) is 5.75 Å². The van der Waals surface area contributed by atoms with Crippen LogP contribution < -0.4 is 10.1 Å². The topological polar surface area (TPSA) is 61.7 Å². The molecule has 0 fully saturated rings. The van der Waals surface area contributed by atoms with Crippen LogP contribution in [-0.4, -0.2) is 35.5 Å². The highest BCUT2D eigenvalue weighted by Gasteiger charge is 2.21. The zero-order valence-corrected chi connectivity index (χ0v) is 12.7. The Hall–Kier alpha value is -1.10. The molecule has 0 aliphatic rings. The second-order valence-corrected chi connectivity index (χ2v) is 4.92. The van der Waals surface area contributed by atoms with Crippen molar-refractivity contribution in [3.63, 3.8) is 0 Å². The lowest BCUT2D eigenvalue weighted by atomic mass is 9.99. The summed E-state index contributed by atoms with van der Waals surface area (Å²) in [6, 6.07) is 7.48. The second-order valence-electron chi connectivity index (χ2n) is 4.92. The number of aliphatic hydroxyl groups is 2. The van der Waals surface area contributed by atoms with Crippen LogP contribution in [0.15, 0.2) is 24.3 Å². The van der Waals surface area contributed by atoms with Gasteiger partial charge in [0.05, 0.1) is 19.3 Å². The van der Waals surface area contributed by atoms with E-state index in [1.165, 1.54) is 0 Å². The van der Waals surface area contributed by atoms with Gasteiger partial charge in [0.15, 0.2) is 0 Å². The van der Waals surface area contributed by atoms with Crippen molar-refractivity contribution in [1.82, 2.24) is 5.32 Å². The van der Waals surface area contributed by atoms with Crippen molar-refractivity contribution in [2.75, 3.05) is 13.2 Å². The number of hydrogen-bond donors (Lipinski definition) is 3. The molecule has 0 aliphatic heterocycles. The maximum atomic E-state index is 10.5. The van der Waals surface area contributed by atoms with Crippen LogP contribution >= 0.6 is 0 Å². The third-order valence-electron chi connectivity index (χ3n) is 3.52. The van der Waals surface area contributed by atoms with Crippen LogP contribution in [-0.2, 0) is 0 Å². The van der Waals surface area contributed by atoms with Crippen LogP contribution in [0.2, 0.25) is 0 Å². The summed E-state index contributed by atoms with van der Waals surface area (Å²) in [6.07, 6.45) is 1.05. The molecule has 0 saturated carbocycles. The van der Waals surface area contributed by atoms with E-state index >= 15 is 0 Å². The van der Waals surface area contributed by atoms with E-state index in [4.69, 9.17) is 4.74 Å². The smallest absolute Gasteiger partial charge is 0.119 e. The van der Waals surface area contributed by atoms with Gasteiger partial charge in [-0.15, -0.1) is 0 Å². The number of benzene rings is 1. The monoisotopic (exact) mass is 281 g/mol. The summed E-state index contributed by atoms with van der Waals surface area (Å²) in [4.78, 5) is 0. The summed E-state index contributed by atoms with van der Waals surface area (Å²) in [6.45, 7) is 6.71. The molecular weight excluding hydrogens is 254 g/mol. The fourth-order valence-corrected chi connectivity index (χ4v) is 2.19. The summed E-state index contributed by atoms with van der Waals surface area (Å²) in [5.74, 6) is 0.811. The molecule has 114 valence electrons. The molecule has 0 aromatic heterocycles. The van der Waals surface area contributed by atoms with Crippen LogP contribution in [0, 0.1) is 0 Å². The van der Waals surface area contributed by atoms with Gasteiger partial charge >= 0.3 is 0 Å². The summed E-state index contributed by atoms with van der Waals surface area (Å²) in [7, 11) is 0. The van der Waals surface area contributed by atoms with Gasteiger partial charge in [-0.2, -0.15) is 0 Å². The highest BCUT2D eigenvalue weighted by atomic mass is 16.5. The Kier molecular flexibility index (Phi) is 7.59. The summed E-state index contributed by atoms with van der Waals surface area (Å²) < 4.78 is 5.40. The molecule has 0 aliphatic carbocycles. The maximum Gasteiger partial charge on any atom is 0.119 e. The molecule has 0 heterocycles. The largest absolute Gasteiger partial charge is 0.494 e. The Balaban J connectivity index is 2.71. The van der Waals surface area contributed by atoms with E-state index in [1.807, 2.05) is 45.0 Å². The molecule has 0 radical (unpaired) electrons. The lowest BCUT2D eigenvalue weighted by molar-refractivity contribution is 0.109. The fraction of sp³-hybridized carbons (Fsp3) is 0.625. The molecule has 3 atom stereocenters. The Bertz CT molecular complexity index is 362.